The smallest absolute Gasteiger partial charge is 0.437 e. The number of hydrogen-bond acceptors (Lipinski definition) is 4. The van der Waals surface area contributed by atoms with Crippen molar-refractivity contribution in [3.8, 4) is 5.75 Å². The molecule has 6 nitrogen and oxygen atoms in total. The van der Waals surface area contributed by atoms with E-state index in [9.17, 15) is 33.0 Å². The van der Waals surface area contributed by atoms with E-state index in [0.717, 1.165) is 6.07 Å². The first kappa shape index (κ1) is 20.0. The fourth-order valence-electron chi connectivity index (χ4n) is 3.13. The number of aliphatic hydroxyl groups is 1. The summed E-state index contributed by atoms with van der Waals surface area (Å²) in [6.07, 6.45) is -5.35. The van der Waals surface area contributed by atoms with E-state index in [1.807, 2.05) is 0 Å². The highest BCUT2D eigenvalue weighted by Crippen LogP contribution is 2.44. The van der Waals surface area contributed by atoms with Gasteiger partial charge in [0.15, 0.2) is 5.78 Å². The van der Waals surface area contributed by atoms with Gasteiger partial charge in [0.1, 0.15) is 11.7 Å². The van der Waals surface area contributed by atoms with Crippen LogP contribution in [0.1, 0.15) is 22.0 Å². The zero-order valence-electron chi connectivity index (χ0n) is 14.0. The summed E-state index contributed by atoms with van der Waals surface area (Å²) in [4.78, 5) is 24.9. The molecular weight excluding hydrogens is 401 g/mol. The molecule has 2 amide bonds. The molecule has 0 bridgehead atoms. The molecule has 3 unspecified atom stereocenters. The number of hydrogen-bond donors (Lipinski definition) is 4. The second-order valence-electron chi connectivity index (χ2n) is 6.28. The van der Waals surface area contributed by atoms with Gasteiger partial charge in [-0.25, -0.2) is 4.79 Å². The van der Waals surface area contributed by atoms with E-state index in [4.69, 9.17) is 11.6 Å². The summed E-state index contributed by atoms with van der Waals surface area (Å²) in [6, 6.07) is 7.26. The number of benzene rings is 2. The molecular formula is C18H14ClF3N2O4. The first-order valence-electron chi connectivity index (χ1n) is 7.99. The zero-order valence-corrected chi connectivity index (χ0v) is 14.8. The molecule has 2 aromatic rings. The van der Waals surface area contributed by atoms with Crippen molar-refractivity contribution < 1.29 is 33.0 Å². The number of Topliss-reactive ketones (excluding diaryl/α,β-unsaturated/α-hetero) is 1. The number of carbonyl (C=O) groups excluding carboxylic acids is 2. The van der Waals surface area contributed by atoms with E-state index in [1.54, 1.807) is 0 Å². The molecule has 1 fully saturated rings. The van der Waals surface area contributed by atoms with Gasteiger partial charge >= 0.3 is 12.2 Å². The molecule has 28 heavy (non-hydrogen) atoms. The minimum Gasteiger partial charge on any atom is -0.508 e. The van der Waals surface area contributed by atoms with Crippen LogP contribution in [0.3, 0.4) is 0 Å². The molecule has 2 aromatic carbocycles. The number of alkyl halides is 3. The minimum absolute atomic E-state index is 0.0184. The van der Waals surface area contributed by atoms with Crippen LogP contribution >= 0.6 is 11.6 Å². The van der Waals surface area contributed by atoms with Crippen molar-refractivity contribution in [2.24, 2.45) is 5.92 Å². The maximum atomic E-state index is 13.7. The average Bonchev–Trinajstić information content (AvgIpc) is 2.60. The van der Waals surface area contributed by atoms with Gasteiger partial charge < -0.3 is 20.8 Å². The van der Waals surface area contributed by atoms with Crippen molar-refractivity contribution in [3.63, 3.8) is 0 Å². The Morgan fingerprint density at radius 2 is 1.79 bits per heavy atom. The van der Waals surface area contributed by atoms with E-state index in [0.29, 0.717) is 0 Å². The topological polar surface area (TPSA) is 98.7 Å². The maximum Gasteiger partial charge on any atom is 0.437 e. The molecule has 0 spiro atoms. The van der Waals surface area contributed by atoms with Crippen molar-refractivity contribution >= 4 is 23.4 Å². The largest absolute Gasteiger partial charge is 0.508 e. The summed E-state index contributed by atoms with van der Waals surface area (Å²) < 4.78 is 41.2. The van der Waals surface area contributed by atoms with Gasteiger partial charge in [0, 0.05) is 10.6 Å². The summed E-state index contributed by atoms with van der Waals surface area (Å²) in [6.45, 7) is 0. The number of amides is 2. The third kappa shape index (κ3) is 3.50. The molecule has 0 radical (unpaired) electrons. The second kappa shape index (κ2) is 6.99. The number of carbonyl (C=O) groups is 2. The van der Waals surface area contributed by atoms with E-state index in [1.165, 1.54) is 47.8 Å². The highest BCUT2D eigenvalue weighted by molar-refractivity contribution is 6.30. The summed E-state index contributed by atoms with van der Waals surface area (Å²) in [5, 5.41) is 24.0. The predicted molar refractivity (Wildman–Crippen MR) is 92.8 cm³/mol. The van der Waals surface area contributed by atoms with Gasteiger partial charge in [0.25, 0.3) is 0 Å². The van der Waals surface area contributed by atoms with Crippen LogP contribution in [0.25, 0.3) is 0 Å². The van der Waals surface area contributed by atoms with Crippen LogP contribution in [0.2, 0.25) is 5.02 Å². The molecule has 4 N–H and O–H groups in total. The molecule has 3 rings (SSSR count). The van der Waals surface area contributed by atoms with Gasteiger partial charge in [0.2, 0.25) is 5.72 Å². The number of rotatable bonds is 3. The van der Waals surface area contributed by atoms with E-state index in [2.05, 4.69) is 5.32 Å². The first-order chi connectivity index (χ1) is 13.0. The molecule has 0 saturated carbocycles. The third-order valence-electron chi connectivity index (χ3n) is 4.45. The number of halogens is 4. The quantitative estimate of drug-likeness (QED) is 0.580. The van der Waals surface area contributed by atoms with Crippen LogP contribution in [0.15, 0.2) is 48.5 Å². The van der Waals surface area contributed by atoms with Crippen LogP contribution in [0.5, 0.6) is 5.75 Å². The number of aromatic hydroxyl groups is 1. The Morgan fingerprint density at radius 1 is 1.14 bits per heavy atom. The lowest BCUT2D eigenvalue weighted by atomic mass is 9.77. The molecule has 1 aliphatic rings. The van der Waals surface area contributed by atoms with Crippen molar-refractivity contribution in [1.82, 2.24) is 10.6 Å². The number of urea groups is 1. The Labute approximate surface area is 161 Å². The summed E-state index contributed by atoms with van der Waals surface area (Å²) >= 11 is 5.75. The van der Waals surface area contributed by atoms with Crippen molar-refractivity contribution in [1.29, 1.82) is 0 Å². The summed E-state index contributed by atoms with van der Waals surface area (Å²) in [5.74, 6) is -3.52. The lowest BCUT2D eigenvalue weighted by molar-refractivity contribution is -0.287. The monoisotopic (exact) mass is 414 g/mol. The highest BCUT2D eigenvalue weighted by atomic mass is 35.5. The van der Waals surface area contributed by atoms with Crippen LogP contribution < -0.4 is 10.6 Å². The van der Waals surface area contributed by atoms with Gasteiger partial charge in [-0.05, 0) is 42.0 Å². The Kier molecular flexibility index (Phi) is 4.99. The van der Waals surface area contributed by atoms with Crippen LogP contribution in [0, 0.1) is 5.92 Å². The molecule has 1 heterocycles. The fraction of sp³-hybridized carbons (Fsp3) is 0.222. The lowest BCUT2D eigenvalue weighted by Gasteiger charge is -2.45. The Hall–Kier alpha value is -2.78. The molecule has 10 heteroatoms. The SMILES string of the molecule is O=C1NC(c2cccc(O)c2)C(C(=O)c2ccc(Cl)cc2)C(O)(C(F)(F)F)N1. The van der Waals surface area contributed by atoms with E-state index < -0.39 is 35.7 Å². The molecule has 3 atom stereocenters. The minimum atomic E-state index is -5.35. The number of nitrogens with one attached hydrogen (secondary N) is 2. The van der Waals surface area contributed by atoms with Crippen molar-refractivity contribution in [2.45, 2.75) is 17.9 Å². The second-order valence-corrected chi connectivity index (χ2v) is 6.72. The van der Waals surface area contributed by atoms with Crippen molar-refractivity contribution in [3.05, 3.63) is 64.7 Å². The normalized spacial score (nSPS) is 25.0. The summed E-state index contributed by atoms with van der Waals surface area (Å²) in [7, 11) is 0. The van der Waals surface area contributed by atoms with Crippen LogP contribution in [-0.2, 0) is 0 Å². The highest BCUT2D eigenvalue weighted by Gasteiger charge is 2.66. The van der Waals surface area contributed by atoms with Crippen molar-refractivity contribution in [2.75, 3.05) is 0 Å². The number of phenolic OH excluding ortho intramolecular Hbond substituents is 1. The molecule has 1 aliphatic heterocycles. The standard InChI is InChI=1S/C18H14ClF3N2O4/c19-11-6-4-9(5-7-11)15(26)13-14(10-2-1-3-12(25)8-10)23-16(27)24-17(13,28)18(20,21)22/h1-8,13-14,25,28H,(H2,23,24,27). The van der Waals surface area contributed by atoms with Crippen LogP contribution in [-0.4, -0.2) is 33.9 Å². The van der Waals surface area contributed by atoms with Gasteiger partial charge in [-0.2, -0.15) is 13.2 Å². The van der Waals surface area contributed by atoms with Crippen LogP contribution in [0.4, 0.5) is 18.0 Å². The zero-order chi connectivity index (χ0) is 20.7. The first-order valence-corrected chi connectivity index (χ1v) is 8.37. The third-order valence-corrected chi connectivity index (χ3v) is 4.70. The Balaban J connectivity index is 2.16. The van der Waals surface area contributed by atoms with E-state index >= 15 is 0 Å². The van der Waals surface area contributed by atoms with Gasteiger partial charge in [-0.3, -0.25) is 4.79 Å². The molecule has 0 aromatic heterocycles. The average molecular weight is 415 g/mol. The molecule has 0 aliphatic carbocycles. The number of phenols is 1. The summed E-state index contributed by atoms with van der Waals surface area (Å²) in [5.41, 5.74) is -3.95. The van der Waals surface area contributed by atoms with Gasteiger partial charge in [-0.1, -0.05) is 23.7 Å². The Morgan fingerprint density at radius 3 is 2.36 bits per heavy atom. The molecule has 1 saturated heterocycles. The predicted octanol–water partition coefficient (Wildman–Crippen LogP) is 3.15. The fourth-order valence-corrected chi connectivity index (χ4v) is 3.25. The Bertz CT molecular complexity index is 920. The number of ketones is 1. The van der Waals surface area contributed by atoms with E-state index in [-0.39, 0.29) is 21.9 Å². The van der Waals surface area contributed by atoms with Gasteiger partial charge in [0.05, 0.1) is 6.04 Å². The lowest BCUT2D eigenvalue weighted by Crippen LogP contribution is -2.72. The van der Waals surface area contributed by atoms with Gasteiger partial charge in [-0.15, -0.1) is 0 Å². The molecule has 148 valence electrons. The maximum absolute atomic E-state index is 13.7.